The summed E-state index contributed by atoms with van der Waals surface area (Å²) in [5.41, 5.74) is 0.0597. The molecule has 0 radical (unpaired) electrons. The Labute approximate surface area is 116 Å². The smallest absolute Gasteiger partial charge is 0.273 e. The van der Waals surface area contributed by atoms with Gasteiger partial charge in [0.05, 0.1) is 10.7 Å². The van der Waals surface area contributed by atoms with Crippen LogP contribution in [0.2, 0.25) is 0 Å². The Hall–Kier alpha value is -1.51. The van der Waals surface area contributed by atoms with Crippen LogP contribution in [0, 0.1) is 22.0 Å². The first-order valence-electron chi connectivity index (χ1n) is 6.41. The Balaban J connectivity index is 1.72. The number of piperidine rings is 1. The molecule has 1 heterocycles. The molecule has 1 aromatic carbocycles. The molecule has 1 aliphatic carbocycles. The Kier molecular flexibility index (Phi) is 3.23. The second-order valence-corrected chi connectivity index (χ2v) is 7.03. The zero-order valence-corrected chi connectivity index (χ0v) is 11.5. The summed E-state index contributed by atoms with van der Waals surface area (Å²) in [5.74, 6) is 0.388. The van der Waals surface area contributed by atoms with Gasteiger partial charge in [0.2, 0.25) is 10.0 Å². The molecule has 7 nitrogen and oxygen atoms in total. The maximum Gasteiger partial charge on any atom is 0.273 e. The Bertz CT molecular complexity index is 636. The van der Waals surface area contributed by atoms with E-state index in [1.807, 2.05) is 0 Å². The van der Waals surface area contributed by atoms with Crippen molar-refractivity contribution in [2.24, 2.45) is 11.8 Å². The molecule has 2 fully saturated rings. The Morgan fingerprint density at radius 2 is 1.95 bits per heavy atom. The first-order chi connectivity index (χ1) is 9.48. The Morgan fingerprint density at radius 1 is 1.30 bits per heavy atom. The van der Waals surface area contributed by atoms with Gasteiger partial charge in [-0.15, -0.1) is 0 Å². The van der Waals surface area contributed by atoms with E-state index < -0.39 is 14.9 Å². The van der Waals surface area contributed by atoms with Crippen LogP contribution >= 0.6 is 0 Å². The number of benzene rings is 1. The fraction of sp³-hybridized carbons (Fsp3) is 0.500. The van der Waals surface area contributed by atoms with Crippen LogP contribution in [-0.2, 0) is 15.8 Å². The van der Waals surface area contributed by atoms with Gasteiger partial charge in [-0.2, -0.15) is 0 Å². The molecule has 2 unspecified atom stereocenters. The molecule has 0 bridgehead atoms. The van der Waals surface area contributed by atoms with Crippen LogP contribution in [0.25, 0.3) is 0 Å². The average Bonchev–Trinajstić information content (AvgIpc) is 2.83. The summed E-state index contributed by atoms with van der Waals surface area (Å²) < 4.78 is 26.9. The van der Waals surface area contributed by atoms with Crippen LogP contribution in [0.1, 0.15) is 5.56 Å². The molecule has 3 rings (SSSR count). The van der Waals surface area contributed by atoms with Crippen LogP contribution in [-0.4, -0.2) is 32.5 Å². The summed E-state index contributed by atoms with van der Waals surface area (Å²) in [6.07, 6.45) is 0. The molecule has 1 saturated heterocycles. The Morgan fingerprint density at radius 3 is 2.60 bits per heavy atom. The van der Waals surface area contributed by atoms with Gasteiger partial charge in [0.25, 0.3) is 5.69 Å². The van der Waals surface area contributed by atoms with Crippen LogP contribution in [0.5, 0.6) is 0 Å². The summed E-state index contributed by atoms with van der Waals surface area (Å²) >= 11 is 0. The van der Waals surface area contributed by atoms with Gasteiger partial charge in [-0.3, -0.25) is 10.1 Å². The molecule has 2 aliphatic rings. The van der Waals surface area contributed by atoms with Crippen LogP contribution in [0.4, 0.5) is 5.69 Å². The number of hydrogen-bond acceptors (Lipinski definition) is 5. The predicted octanol–water partition coefficient (Wildman–Crippen LogP) is 0.232. The van der Waals surface area contributed by atoms with Crippen LogP contribution < -0.4 is 10.0 Å². The summed E-state index contributed by atoms with van der Waals surface area (Å²) in [7, 11) is -3.55. The highest BCUT2D eigenvalue weighted by atomic mass is 32.2. The second kappa shape index (κ2) is 4.80. The number of fused-ring (bicyclic) bond motifs is 1. The maximum atomic E-state index is 12.1. The number of sulfonamides is 1. The number of hydrogen-bond donors (Lipinski definition) is 2. The number of nitrogens with zero attached hydrogens (tertiary/aromatic N) is 1. The molecule has 0 spiro atoms. The van der Waals surface area contributed by atoms with Gasteiger partial charge in [0.15, 0.2) is 0 Å². The van der Waals surface area contributed by atoms with Gasteiger partial charge in [-0.05, 0) is 24.9 Å². The van der Waals surface area contributed by atoms with Crippen molar-refractivity contribution in [1.82, 2.24) is 10.0 Å². The summed E-state index contributed by atoms with van der Waals surface area (Å²) in [6, 6.07) is 5.92. The first-order valence-corrected chi connectivity index (χ1v) is 8.06. The van der Waals surface area contributed by atoms with Crippen molar-refractivity contribution in [2.75, 3.05) is 13.1 Å². The van der Waals surface area contributed by atoms with Gasteiger partial charge in [-0.25, -0.2) is 13.1 Å². The van der Waals surface area contributed by atoms with E-state index in [0.717, 1.165) is 13.1 Å². The highest BCUT2D eigenvalue weighted by molar-refractivity contribution is 7.88. The lowest BCUT2D eigenvalue weighted by Crippen LogP contribution is -2.33. The first kappa shape index (κ1) is 13.5. The molecular weight excluding hydrogens is 282 g/mol. The summed E-state index contributed by atoms with van der Waals surface area (Å²) in [6.45, 7) is 1.67. The van der Waals surface area contributed by atoms with Crippen molar-refractivity contribution in [3.05, 3.63) is 39.9 Å². The van der Waals surface area contributed by atoms with E-state index in [-0.39, 0.29) is 23.0 Å². The van der Waals surface area contributed by atoms with Gasteiger partial charge < -0.3 is 5.32 Å². The molecule has 2 atom stereocenters. The standard InChI is InChI=1S/C12H15N3O4S/c16-15(17)11-4-2-1-3-8(11)7-20(18,19)14-12-9-5-13-6-10(9)12/h1-4,9-10,12-14H,5-7H2. The monoisotopic (exact) mass is 297 g/mol. The number of nitro groups is 1. The number of nitrogens with one attached hydrogen (secondary N) is 2. The summed E-state index contributed by atoms with van der Waals surface area (Å²) in [4.78, 5) is 10.3. The maximum absolute atomic E-state index is 12.1. The van der Waals surface area contributed by atoms with E-state index in [0.29, 0.717) is 11.8 Å². The van der Waals surface area contributed by atoms with Gasteiger partial charge in [0.1, 0.15) is 0 Å². The lowest BCUT2D eigenvalue weighted by molar-refractivity contribution is -0.385. The van der Waals surface area contributed by atoms with E-state index in [1.54, 1.807) is 6.07 Å². The normalized spacial score (nSPS) is 28.1. The zero-order chi connectivity index (χ0) is 14.3. The molecule has 108 valence electrons. The van der Waals surface area contributed by atoms with Crippen LogP contribution in [0.15, 0.2) is 24.3 Å². The van der Waals surface area contributed by atoms with Crippen molar-refractivity contribution < 1.29 is 13.3 Å². The lowest BCUT2D eigenvalue weighted by Gasteiger charge is -2.09. The molecule has 2 N–H and O–H groups in total. The van der Waals surface area contributed by atoms with E-state index in [9.17, 15) is 18.5 Å². The largest absolute Gasteiger partial charge is 0.316 e. The van der Waals surface area contributed by atoms with E-state index in [2.05, 4.69) is 10.0 Å². The fourth-order valence-corrected chi connectivity index (χ4v) is 4.36. The van der Waals surface area contributed by atoms with Gasteiger partial charge >= 0.3 is 0 Å². The second-order valence-electron chi connectivity index (χ2n) is 5.27. The molecule has 1 aromatic rings. The molecule has 0 aromatic heterocycles. The molecule has 8 heteroatoms. The minimum Gasteiger partial charge on any atom is -0.316 e. The van der Waals surface area contributed by atoms with E-state index in [1.165, 1.54) is 18.2 Å². The van der Waals surface area contributed by atoms with E-state index >= 15 is 0 Å². The average molecular weight is 297 g/mol. The van der Waals surface area contributed by atoms with Crippen molar-refractivity contribution in [3.63, 3.8) is 0 Å². The molecule has 1 saturated carbocycles. The third kappa shape index (κ3) is 2.54. The van der Waals surface area contributed by atoms with Crippen molar-refractivity contribution in [1.29, 1.82) is 0 Å². The molecule has 0 amide bonds. The third-order valence-electron chi connectivity index (χ3n) is 3.94. The van der Waals surface area contributed by atoms with E-state index in [4.69, 9.17) is 0 Å². The SMILES string of the molecule is O=[N+]([O-])c1ccccc1CS(=O)(=O)NC1C2CNCC21. The van der Waals surface area contributed by atoms with Gasteiger partial charge in [-0.1, -0.05) is 18.2 Å². The third-order valence-corrected chi connectivity index (χ3v) is 5.26. The van der Waals surface area contributed by atoms with Crippen molar-refractivity contribution in [2.45, 2.75) is 11.8 Å². The zero-order valence-electron chi connectivity index (χ0n) is 10.7. The lowest BCUT2D eigenvalue weighted by atomic mass is 10.2. The predicted molar refractivity (Wildman–Crippen MR) is 72.5 cm³/mol. The molecule has 1 aliphatic heterocycles. The highest BCUT2D eigenvalue weighted by Crippen LogP contribution is 2.42. The number of para-hydroxylation sites is 1. The van der Waals surface area contributed by atoms with Crippen molar-refractivity contribution >= 4 is 15.7 Å². The highest BCUT2D eigenvalue weighted by Gasteiger charge is 2.54. The molecular formula is C12H15N3O4S. The number of nitro benzene ring substituents is 1. The fourth-order valence-electron chi connectivity index (χ4n) is 2.86. The van der Waals surface area contributed by atoms with Crippen molar-refractivity contribution in [3.8, 4) is 0 Å². The quantitative estimate of drug-likeness (QED) is 0.598. The van der Waals surface area contributed by atoms with Crippen LogP contribution in [0.3, 0.4) is 0 Å². The minimum absolute atomic E-state index is 0.0102. The number of rotatable bonds is 5. The minimum atomic E-state index is -3.55. The topological polar surface area (TPSA) is 101 Å². The molecule has 20 heavy (non-hydrogen) atoms. The summed E-state index contributed by atoms with van der Waals surface area (Å²) in [5, 5.41) is 14.1. The van der Waals surface area contributed by atoms with Gasteiger partial charge in [0, 0.05) is 17.7 Å².